The molecule has 1 saturated heterocycles. The monoisotopic (exact) mass is 481 g/mol. The maximum Gasteiger partial charge on any atom is 0.295 e. The lowest BCUT2D eigenvalue weighted by molar-refractivity contribution is -0.139. The number of carbonyl (C=O) groups excluding carboxylic acids is 2. The standard InChI is InChI=1S/C28H35NO6/c1-7-8-14-29-24(20-10-9-11-22(33-5)27(20)34-6)23(26(31)28(29)32)25(30)19-12-13-21(18(4)15-19)35-16-17(2)3/h9-13,15,17,24,30H,7-8,14,16H2,1-6H3/b25-23+. The Kier molecular flexibility index (Phi) is 8.43. The van der Waals surface area contributed by atoms with Crippen LogP contribution in [0.3, 0.4) is 0 Å². The minimum absolute atomic E-state index is 0.0351. The summed E-state index contributed by atoms with van der Waals surface area (Å²) in [4.78, 5) is 27.9. The summed E-state index contributed by atoms with van der Waals surface area (Å²) in [7, 11) is 3.04. The summed E-state index contributed by atoms with van der Waals surface area (Å²) in [5.41, 5.74) is 1.88. The molecule has 3 rings (SSSR count). The minimum Gasteiger partial charge on any atom is -0.507 e. The van der Waals surface area contributed by atoms with Gasteiger partial charge in [-0.1, -0.05) is 39.3 Å². The molecule has 1 amide bonds. The first-order valence-electron chi connectivity index (χ1n) is 12.0. The first kappa shape index (κ1) is 26.1. The zero-order valence-corrected chi connectivity index (χ0v) is 21.4. The zero-order valence-electron chi connectivity index (χ0n) is 21.4. The van der Waals surface area contributed by atoms with Crippen LogP contribution in [-0.4, -0.2) is 49.1 Å². The molecule has 0 aliphatic carbocycles. The number of amides is 1. The fourth-order valence-electron chi connectivity index (χ4n) is 4.26. The molecule has 188 valence electrons. The topological polar surface area (TPSA) is 85.3 Å². The van der Waals surface area contributed by atoms with Crippen molar-refractivity contribution in [1.82, 2.24) is 4.90 Å². The number of hydrogen-bond donors (Lipinski definition) is 1. The number of aryl methyl sites for hydroxylation is 1. The number of methoxy groups -OCH3 is 2. The minimum atomic E-state index is -0.802. The van der Waals surface area contributed by atoms with E-state index in [2.05, 4.69) is 13.8 Å². The van der Waals surface area contributed by atoms with Crippen molar-refractivity contribution in [3.8, 4) is 17.2 Å². The number of ether oxygens (including phenoxy) is 3. The molecule has 1 heterocycles. The van der Waals surface area contributed by atoms with Crippen LogP contribution >= 0.6 is 0 Å². The Labute approximate surface area is 207 Å². The van der Waals surface area contributed by atoms with E-state index >= 15 is 0 Å². The molecule has 35 heavy (non-hydrogen) atoms. The van der Waals surface area contributed by atoms with Gasteiger partial charge in [0.05, 0.1) is 32.4 Å². The van der Waals surface area contributed by atoms with E-state index in [1.54, 1.807) is 36.4 Å². The number of Topliss-reactive ketones (excluding diaryl/α,β-unsaturated/α-hetero) is 1. The van der Waals surface area contributed by atoms with Crippen LogP contribution in [0.2, 0.25) is 0 Å². The molecule has 0 radical (unpaired) electrons. The molecule has 1 aliphatic heterocycles. The number of likely N-dealkylation sites (tertiary alicyclic amines) is 1. The fraction of sp³-hybridized carbons (Fsp3) is 0.429. The van der Waals surface area contributed by atoms with Crippen LogP contribution in [0.15, 0.2) is 42.0 Å². The zero-order chi connectivity index (χ0) is 25.7. The first-order chi connectivity index (χ1) is 16.7. The Balaban J connectivity index is 2.16. The number of ketones is 1. The lowest BCUT2D eigenvalue weighted by Gasteiger charge is -2.27. The maximum atomic E-state index is 13.3. The van der Waals surface area contributed by atoms with Gasteiger partial charge in [-0.3, -0.25) is 9.59 Å². The summed E-state index contributed by atoms with van der Waals surface area (Å²) in [6.45, 7) is 8.99. The number of carbonyl (C=O) groups is 2. The third-order valence-corrected chi connectivity index (χ3v) is 6.04. The van der Waals surface area contributed by atoms with Crippen molar-refractivity contribution < 1.29 is 28.9 Å². The molecule has 0 saturated carbocycles. The van der Waals surface area contributed by atoms with Gasteiger partial charge in [-0.25, -0.2) is 0 Å². The molecule has 7 nitrogen and oxygen atoms in total. The SMILES string of the molecule is CCCCN1C(=O)C(=O)/C(=C(/O)c2ccc(OCC(C)C)c(C)c2)C1c1cccc(OC)c1OC. The average molecular weight is 482 g/mol. The van der Waals surface area contributed by atoms with Crippen LogP contribution in [0.25, 0.3) is 5.76 Å². The molecule has 1 unspecified atom stereocenters. The van der Waals surface area contributed by atoms with Crippen LogP contribution in [-0.2, 0) is 9.59 Å². The predicted octanol–water partition coefficient (Wildman–Crippen LogP) is 5.27. The Morgan fingerprint density at radius 3 is 2.43 bits per heavy atom. The van der Waals surface area contributed by atoms with Crippen molar-refractivity contribution in [3.05, 3.63) is 58.7 Å². The third kappa shape index (κ3) is 5.29. The Bertz CT molecular complexity index is 1120. The summed E-state index contributed by atoms with van der Waals surface area (Å²) >= 11 is 0. The highest BCUT2D eigenvalue weighted by atomic mass is 16.5. The summed E-state index contributed by atoms with van der Waals surface area (Å²) in [6, 6.07) is 9.77. The van der Waals surface area contributed by atoms with E-state index in [1.807, 2.05) is 13.8 Å². The molecular formula is C28H35NO6. The van der Waals surface area contributed by atoms with Gasteiger partial charge < -0.3 is 24.2 Å². The molecule has 0 aromatic heterocycles. The van der Waals surface area contributed by atoms with Crippen molar-refractivity contribution in [2.75, 3.05) is 27.4 Å². The molecule has 1 atom stereocenters. The highest BCUT2D eigenvalue weighted by molar-refractivity contribution is 6.46. The largest absolute Gasteiger partial charge is 0.507 e. The van der Waals surface area contributed by atoms with Gasteiger partial charge in [-0.15, -0.1) is 0 Å². The van der Waals surface area contributed by atoms with Gasteiger partial charge in [-0.05, 0) is 49.1 Å². The second-order valence-electron chi connectivity index (χ2n) is 9.11. The van der Waals surface area contributed by atoms with Gasteiger partial charge in [-0.2, -0.15) is 0 Å². The number of hydrogen-bond acceptors (Lipinski definition) is 6. The number of nitrogens with zero attached hydrogens (tertiary/aromatic N) is 1. The van der Waals surface area contributed by atoms with Crippen LogP contribution in [0.1, 0.15) is 56.3 Å². The normalized spacial score (nSPS) is 17.2. The van der Waals surface area contributed by atoms with E-state index in [-0.39, 0.29) is 11.3 Å². The Hall–Kier alpha value is -3.48. The van der Waals surface area contributed by atoms with Crippen molar-refractivity contribution in [2.45, 2.75) is 46.6 Å². The van der Waals surface area contributed by atoms with E-state index in [9.17, 15) is 14.7 Å². The van der Waals surface area contributed by atoms with E-state index in [4.69, 9.17) is 14.2 Å². The van der Waals surface area contributed by atoms with Crippen LogP contribution in [0, 0.1) is 12.8 Å². The second kappa shape index (κ2) is 11.3. The fourth-order valence-corrected chi connectivity index (χ4v) is 4.26. The number of aliphatic hydroxyl groups is 1. The number of para-hydroxylation sites is 1. The van der Waals surface area contributed by atoms with E-state index < -0.39 is 17.7 Å². The molecule has 2 aromatic rings. The Morgan fingerprint density at radius 1 is 1.09 bits per heavy atom. The molecule has 0 spiro atoms. The van der Waals surface area contributed by atoms with Crippen LogP contribution < -0.4 is 14.2 Å². The molecule has 7 heteroatoms. The molecule has 0 bridgehead atoms. The smallest absolute Gasteiger partial charge is 0.295 e. The molecular weight excluding hydrogens is 446 g/mol. The molecule has 1 N–H and O–H groups in total. The van der Waals surface area contributed by atoms with Gasteiger partial charge in [0.1, 0.15) is 11.5 Å². The van der Waals surface area contributed by atoms with Gasteiger partial charge in [0.15, 0.2) is 11.5 Å². The van der Waals surface area contributed by atoms with Crippen molar-refractivity contribution in [3.63, 3.8) is 0 Å². The van der Waals surface area contributed by atoms with Crippen LogP contribution in [0.5, 0.6) is 17.2 Å². The Morgan fingerprint density at radius 2 is 1.83 bits per heavy atom. The molecule has 2 aromatic carbocycles. The highest BCUT2D eigenvalue weighted by Gasteiger charge is 2.47. The highest BCUT2D eigenvalue weighted by Crippen LogP contribution is 2.45. The summed E-state index contributed by atoms with van der Waals surface area (Å²) in [5, 5.41) is 11.4. The van der Waals surface area contributed by atoms with Gasteiger partial charge >= 0.3 is 0 Å². The van der Waals surface area contributed by atoms with Gasteiger partial charge in [0.2, 0.25) is 0 Å². The molecule has 1 aliphatic rings. The third-order valence-electron chi connectivity index (χ3n) is 6.04. The van der Waals surface area contributed by atoms with Gasteiger partial charge in [0.25, 0.3) is 11.7 Å². The van der Waals surface area contributed by atoms with Gasteiger partial charge in [0, 0.05) is 17.7 Å². The van der Waals surface area contributed by atoms with Crippen molar-refractivity contribution in [1.29, 1.82) is 0 Å². The summed E-state index contributed by atoms with van der Waals surface area (Å²) < 4.78 is 16.9. The predicted molar refractivity (Wildman–Crippen MR) is 135 cm³/mol. The number of aliphatic hydroxyl groups excluding tert-OH is 1. The maximum absolute atomic E-state index is 13.3. The quantitative estimate of drug-likeness (QED) is 0.283. The van der Waals surface area contributed by atoms with Crippen molar-refractivity contribution in [2.24, 2.45) is 5.92 Å². The number of rotatable bonds is 10. The average Bonchev–Trinajstić information content (AvgIpc) is 3.10. The second-order valence-corrected chi connectivity index (χ2v) is 9.11. The van der Waals surface area contributed by atoms with Crippen molar-refractivity contribution >= 4 is 17.4 Å². The summed E-state index contributed by atoms with van der Waals surface area (Å²) in [6.07, 6.45) is 1.57. The number of benzene rings is 2. The van der Waals surface area contributed by atoms with E-state index in [0.717, 1.165) is 18.4 Å². The first-order valence-corrected chi connectivity index (χ1v) is 12.0. The lowest BCUT2D eigenvalue weighted by atomic mass is 9.93. The van der Waals surface area contributed by atoms with E-state index in [0.29, 0.717) is 47.4 Å². The molecule has 1 fully saturated rings. The number of unbranched alkanes of at least 4 members (excludes halogenated alkanes) is 1. The van der Waals surface area contributed by atoms with Crippen LogP contribution in [0.4, 0.5) is 0 Å². The lowest BCUT2D eigenvalue weighted by Crippen LogP contribution is -2.30. The van der Waals surface area contributed by atoms with E-state index in [1.165, 1.54) is 19.1 Å². The summed E-state index contributed by atoms with van der Waals surface area (Å²) in [5.74, 6) is 0.408.